The fourth-order valence-electron chi connectivity index (χ4n) is 4.20. The van der Waals surface area contributed by atoms with Gasteiger partial charge < -0.3 is 9.64 Å². The zero-order valence-corrected chi connectivity index (χ0v) is 15.2. The van der Waals surface area contributed by atoms with Crippen LogP contribution in [0.1, 0.15) is 21.7 Å². The second-order valence-corrected chi connectivity index (χ2v) is 7.77. The molecule has 0 aromatic carbocycles. The van der Waals surface area contributed by atoms with Gasteiger partial charge in [-0.3, -0.25) is 14.7 Å². The quantitative estimate of drug-likeness (QED) is 0.843. The summed E-state index contributed by atoms with van der Waals surface area (Å²) in [5, 5.41) is 1.97. The molecule has 0 N–H and O–H groups in total. The number of methoxy groups -OCH3 is 1. The van der Waals surface area contributed by atoms with Crippen LogP contribution in [0.5, 0.6) is 0 Å². The van der Waals surface area contributed by atoms with E-state index in [4.69, 9.17) is 4.74 Å². The lowest BCUT2D eigenvalue weighted by atomic mass is 9.89. The number of carbonyl (C=O) groups excluding carboxylic acids is 1. The molecule has 0 saturated carbocycles. The summed E-state index contributed by atoms with van der Waals surface area (Å²) in [7, 11) is 1.80. The van der Waals surface area contributed by atoms with Crippen molar-refractivity contribution in [3.05, 3.63) is 52.5 Å². The number of ether oxygens (including phenoxy) is 1. The zero-order valence-electron chi connectivity index (χ0n) is 14.4. The van der Waals surface area contributed by atoms with E-state index in [-0.39, 0.29) is 18.1 Å². The van der Waals surface area contributed by atoms with Crippen LogP contribution in [0.3, 0.4) is 0 Å². The number of aromatic nitrogens is 1. The normalized spacial score (nSPS) is 26.6. The van der Waals surface area contributed by atoms with Crippen molar-refractivity contribution in [3.8, 4) is 0 Å². The van der Waals surface area contributed by atoms with E-state index in [1.165, 1.54) is 16.9 Å². The van der Waals surface area contributed by atoms with Gasteiger partial charge in [-0.15, -0.1) is 11.3 Å². The standard InChI is InChI=1S/C19H23N3O2S/c1-24-17-6-9-22(19(23)18-3-2-10-25-18)16-13-21(12-15(16)17)11-14-4-7-20-8-5-14/h2-5,7-8,10,15-17H,6,9,11-13H2,1H3/t15-,16+,17-/m0/s1. The van der Waals surface area contributed by atoms with E-state index in [0.717, 1.165) is 37.5 Å². The second-order valence-electron chi connectivity index (χ2n) is 6.82. The molecule has 132 valence electrons. The molecular weight excluding hydrogens is 334 g/mol. The lowest BCUT2D eigenvalue weighted by Crippen LogP contribution is -2.53. The number of thiophene rings is 1. The highest BCUT2D eigenvalue weighted by molar-refractivity contribution is 7.12. The summed E-state index contributed by atoms with van der Waals surface area (Å²) in [6, 6.07) is 8.22. The van der Waals surface area contributed by atoms with Crippen molar-refractivity contribution in [2.24, 2.45) is 5.92 Å². The van der Waals surface area contributed by atoms with Crippen molar-refractivity contribution in [3.63, 3.8) is 0 Å². The Kier molecular flexibility index (Phi) is 4.83. The predicted octanol–water partition coefficient (Wildman–Crippen LogP) is 2.50. The first-order chi connectivity index (χ1) is 12.3. The summed E-state index contributed by atoms with van der Waals surface area (Å²) >= 11 is 1.53. The Morgan fingerprint density at radius 2 is 2.16 bits per heavy atom. The molecule has 6 heteroatoms. The zero-order chi connectivity index (χ0) is 17.2. The highest BCUT2D eigenvalue weighted by Gasteiger charge is 2.46. The smallest absolute Gasteiger partial charge is 0.264 e. The van der Waals surface area contributed by atoms with Crippen LogP contribution in [-0.2, 0) is 11.3 Å². The number of nitrogens with zero attached hydrogens (tertiary/aromatic N) is 3. The number of hydrogen-bond donors (Lipinski definition) is 0. The van der Waals surface area contributed by atoms with Crippen molar-refractivity contribution in [1.82, 2.24) is 14.8 Å². The van der Waals surface area contributed by atoms with Crippen LogP contribution in [0, 0.1) is 5.92 Å². The monoisotopic (exact) mass is 357 g/mol. The van der Waals surface area contributed by atoms with Crippen molar-refractivity contribution in [2.45, 2.75) is 25.1 Å². The van der Waals surface area contributed by atoms with Gasteiger partial charge >= 0.3 is 0 Å². The number of rotatable bonds is 4. The molecule has 2 saturated heterocycles. The van der Waals surface area contributed by atoms with E-state index in [1.807, 2.05) is 29.9 Å². The van der Waals surface area contributed by atoms with Crippen LogP contribution in [0.25, 0.3) is 0 Å². The summed E-state index contributed by atoms with van der Waals surface area (Å²) in [4.78, 5) is 22.4. The summed E-state index contributed by atoms with van der Waals surface area (Å²) < 4.78 is 5.75. The minimum absolute atomic E-state index is 0.172. The molecule has 0 radical (unpaired) electrons. The topological polar surface area (TPSA) is 45.7 Å². The van der Waals surface area contributed by atoms with Crippen LogP contribution in [0.2, 0.25) is 0 Å². The highest BCUT2D eigenvalue weighted by atomic mass is 32.1. The van der Waals surface area contributed by atoms with Gasteiger partial charge in [0, 0.05) is 51.6 Å². The number of amides is 1. The fraction of sp³-hybridized carbons (Fsp3) is 0.474. The van der Waals surface area contributed by atoms with E-state index in [2.05, 4.69) is 26.9 Å². The van der Waals surface area contributed by atoms with E-state index < -0.39 is 0 Å². The van der Waals surface area contributed by atoms with Gasteiger partial charge in [0.15, 0.2) is 0 Å². The minimum Gasteiger partial charge on any atom is -0.381 e. The maximum atomic E-state index is 12.9. The third kappa shape index (κ3) is 3.34. The van der Waals surface area contributed by atoms with Crippen molar-refractivity contribution >= 4 is 17.2 Å². The third-order valence-corrected chi connectivity index (χ3v) is 6.25. The predicted molar refractivity (Wildman–Crippen MR) is 97.6 cm³/mol. The molecule has 0 bridgehead atoms. The number of pyridine rings is 1. The third-order valence-electron chi connectivity index (χ3n) is 5.39. The van der Waals surface area contributed by atoms with Gasteiger partial charge in [0.2, 0.25) is 0 Å². The van der Waals surface area contributed by atoms with Gasteiger partial charge in [0.1, 0.15) is 0 Å². The first-order valence-electron chi connectivity index (χ1n) is 8.75. The number of piperidine rings is 1. The maximum Gasteiger partial charge on any atom is 0.264 e. The molecule has 2 aromatic heterocycles. The number of fused-ring (bicyclic) bond motifs is 1. The van der Waals surface area contributed by atoms with Crippen LogP contribution in [0.15, 0.2) is 42.0 Å². The Labute approximate surface area is 152 Å². The summed E-state index contributed by atoms with van der Waals surface area (Å²) in [6.45, 7) is 3.55. The molecule has 2 aliphatic heterocycles. The highest BCUT2D eigenvalue weighted by Crippen LogP contribution is 2.34. The number of hydrogen-bond acceptors (Lipinski definition) is 5. The van der Waals surface area contributed by atoms with Gasteiger partial charge in [0.05, 0.1) is 17.0 Å². The lowest BCUT2D eigenvalue weighted by Gasteiger charge is -2.40. The van der Waals surface area contributed by atoms with Crippen LogP contribution in [0.4, 0.5) is 0 Å². The first-order valence-corrected chi connectivity index (χ1v) is 9.62. The minimum atomic E-state index is 0.172. The second kappa shape index (κ2) is 7.23. The summed E-state index contributed by atoms with van der Waals surface area (Å²) in [6.07, 6.45) is 4.82. The van der Waals surface area contributed by atoms with Gasteiger partial charge in [-0.2, -0.15) is 0 Å². The number of carbonyl (C=O) groups is 1. The van der Waals surface area contributed by atoms with Crippen LogP contribution < -0.4 is 0 Å². The van der Waals surface area contributed by atoms with E-state index in [1.54, 1.807) is 7.11 Å². The Balaban J connectivity index is 1.52. The molecule has 0 spiro atoms. The van der Waals surface area contributed by atoms with Crippen molar-refractivity contribution in [1.29, 1.82) is 0 Å². The Hall–Kier alpha value is -1.76. The molecule has 2 aromatic rings. The molecule has 0 unspecified atom stereocenters. The molecule has 3 atom stereocenters. The summed E-state index contributed by atoms with van der Waals surface area (Å²) in [5.74, 6) is 0.551. The Morgan fingerprint density at radius 3 is 2.88 bits per heavy atom. The van der Waals surface area contributed by atoms with Gasteiger partial charge in [-0.25, -0.2) is 0 Å². The van der Waals surface area contributed by atoms with Crippen molar-refractivity contribution in [2.75, 3.05) is 26.7 Å². The molecule has 4 rings (SSSR count). The molecule has 4 heterocycles. The molecule has 1 amide bonds. The van der Waals surface area contributed by atoms with E-state index >= 15 is 0 Å². The SMILES string of the molecule is CO[C@H]1CCN(C(=O)c2cccs2)[C@@H]2CN(Cc3ccncc3)C[C@H]12. The molecule has 0 aliphatic carbocycles. The molecular formula is C19H23N3O2S. The molecule has 2 fully saturated rings. The van der Waals surface area contributed by atoms with Crippen molar-refractivity contribution < 1.29 is 9.53 Å². The number of likely N-dealkylation sites (tertiary alicyclic amines) is 2. The van der Waals surface area contributed by atoms with E-state index in [9.17, 15) is 4.79 Å². The van der Waals surface area contributed by atoms with Crippen LogP contribution in [-0.4, -0.2) is 59.6 Å². The van der Waals surface area contributed by atoms with Gasteiger partial charge in [-0.05, 0) is 35.6 Å². The fourth-order valence-corrected chi connectivity index (χ4v) is 4.88. The Morgan fingerprint density at radius 1 is 1.32 bits per heavy atom. The molecule has 25 heavy (non-hydrogen) atoms. The lowest BCUT2D eigenvalue weighted by molar-refractivity contribution is -0.0155. The summed E-state index contributed by atoms with van der Waals surface area (Å²) in [5.41, 5.74) is 1.26. The van der Waals surface area contributed by atoms with E-state index in [0.29, 0.717) is 5.92 Å². The van der Waals surface area contributed by atoms with Crippen LogP contribution >= 0.6 is 11.3 Å². The first kappa shape index (κ1) is 16.7. The van der Waals surface area contributed by atoms with Gasteiger partial charge in [-0.1, -0.05) is 6.07 Å². The average molecular weight is 357 g/mol. The average Bonchev–Trinajstić information content (AvgIpc) is 3.31. The Bertz CT molecular complexity index is 707. The largest absolute Gasteiger partial charge is 0.381 e. The van der Waals surface area contributed by atoms with Gasteiger partial charge in [0.25, 0.3) is 5.91 Å². The maximum absolute atomic E-state index is 12.9. The molecule has 5 nitrogen and oxygen atoms in total. The molecule has 2 aliphatic rings.